The first-order valence-electron chi connectivity index (χ1n) is 14.4. The molecule has 15 nitrogen and oxygen atoms in total. The molecule has 1 fully saturated rings. The third-order valence-electron chi connectivity index (χ3n) is 5.79. The van der Waals surface area contributed by atoms with Crippen LogP contribution in [0.4, 0.5) is 0 Å². The highest BCUT2D eigenvalue weighted by Crippen LogP contribution is 2.13. The Bertz CT molecular complexity index is 838. The molecule has 3 atom stereocenters. The van der Waals surface area contributed by atoms with E-state index >= 15 is 0 Å². The Balaban J connectivity index is 2.37. The number of Topliss-reactive ketones (excluding diaryl/α,β-unsaturated/α-hetero) is 1. The van der Waals surface area contributed by atoms with Gasteiger partial charge in [0.1, 0.15) is 31.5 Å². The van der Waals surface area contributed by atoms with Crippen molar-refractivity contribution >= 4 is 23.6 Å². The van der Waals surface area contributed by atoms with Crippen LogP contribution in [0.2, 0.25) is 0 Å². The Hall–Kier alpha value is -2.92. The number of rotatable bonds is 30. The molecule has 252 valence electrons. The summed E-state index contributed by atoms with van der Waals surface area (Å²) >= 11 is 0. The fraction of sp³-hybridized carbons (Fsp3) is 0.724. The third kappa shape index (κ3) is 18.7. The third-order valence-corrected chi connectivity index (χ3v) is 5.79. The number of hydrogen-bond acceptors (Lipinski definition) is 14. The standard InChI is InChI=1S/C29H47NO14/c1-5-37-17-25(42-14-12-35-3)20-40-22-26(43-15-13-36-4)21-39-19-24(41-6-2)18-38-16-23(31)8-7-9-29(34)44-30-27(32)10-11-28(30)33/h5-6,24-26H,1-2,7-22H2,3-4H3. The highest BCUT2D eigenvalue weighted by Gasteiger charge is 2.32. The first-order chi connectivity index (χ1) is 21.3. The average Bonchev–Trinajstić information content (AvgIpc) is 3.31. The van der Waals surface area contributed by atoms with Crippen molar-refractivity contribution in [3.63, 3.8) is 0 Å². The maximum atomic E-state index is 12.2. The SMILES string of the molecule is C=COCC(COCC(COCC(COCC(=O)CCCC(=O)ON1C(=O)CCC1=O)OC=C)OCCOC)OCCOC. The molecule has 1 saturated heterocycles. The van der Waals surface area contributed by atoms with Crippen LogP contribution in [0.15, 0.2) is 25.7 Å². The molecular weight excluding hydrogens is 586 g/mol. The second-order valence-corrected chi connectivity index (χ2v) is 9.42. The lowest BCUT2D eigenvalue weighted by molar-refractivity contribution is -0.197. The van der Waals surface area contributed by atoms with Crippen LogP contribution in [0.25, 0.3) is 0 Å². The molecule has 0 aromatic carbocycles. The first kappa shape index (κ1) is 39.1. The summed E-state index contributed by atoms with van der Waals surface area (Å²) in [7, 11) is 3.16. The number of methoxy groups -OCH3 is 2. The fourth-order valence-electron chi connectivity index (χ4n) is 3.60. The maximum absolute atomic E-state index is 12.2. The molecule has 3 unspecified atom stereocenters. The molecule has 2 amide bonds. The highest BCUT2D eigenvalue weighted by molar-refractivity contribution is 6.01. The van der Waals surface area contributed by atoms with Gasteiger partial charge in [0.25, 0.3) is 11.8 Å². The van der Waals surface area contributed by atoms with Crippen molar-refractivity contribution in [1.82, 2.24) is 5.06 Å². The normalized spacial score (nSPS) is 15.1. The number of carbonyl (C=O) groups excluding carboxylic acids is 4. The molecule has 0 saturated carbocycles. The monoisotopic (exact) mass is 633 g/mol. The van der Waals surface area contributed by atoms with E-state index < -0.39 is 30.0 Å². The van der Waals surface area contributed by atoms with Crippen LogP contribution in [0.5, 0.6) is 0 Å². The summed E-state index contributed by atoms with van der Waals surface area (Å²) in [6.07, 6.45) is 1.45. The summed E-state index contributed by atoms with van der Waals surface area (Å²) in [5, 5.41) is 0.479. The van der Waals surface area contributed by atoms with Gasteiger partial charge in [-0.25, -0.2) is 4.79 Å². The lowest BCUT2D eigenvalue weighted by Crippen LogP contribution is -2.33. The van der Waals surface area contributed by atoms with Gasteiger partial charge in [-0.05, 0) is 6.42 Å². The van der Waals surface area contributed by atoms with Crippen molar-refractivity contribution in [2.45, 2.75) is 50.4 Å². The van der Waals surface area contributed by atoms with Crippen LogP contribution in [-0.4, -0.2) is 134 Å². The lowest BCUT2D eigenvalue weighted by Gasteiger charge is -2.22. The Labute approximate surface area is 258 Å². The zero-order valence-corrected chi connectivity index (χ0v) is 25.8. The van der Waals surface area contributed by atoms with Crippen molar-refractivity contribution < 1.29 is 66.6 Å². The van der Waals surface area contributed by atoms with Crippen molar-refractivity contribution in [2.24, 2.45) is 0 Å². The number of amides is 2. The number of ketones is 1. The summed E-state index contributed by atoms with van der Waals surface area (Å²) in [5.74, 6) is -2.11. The molecule has 0 aliphatic carbocycles. The topological polar surface area (TPSA) is 164 Å². The minimum absolute atomic E-state index is 0.0137. The number of nitrogens with zero attached hydrogens (tertiary/aromatic N) is 1. The van der Waals surface area contributed by atoms with Crippen molar-refractivity contribution in [2.75, 3.05) is 86.9 Å². The van der Waals surface area contributed by atoms with Gasteiger partial charge in [0.2, 0.25) is 0 Å². The summed E-state index contributed by atoms with van der Waals surface area (Å²) in [5.41, 5.74) is 0. The van der Waals surface area contributed by atoms with Gasteiger partial charge in [-0.1, -0.05) is 13.2 Å². The average molecular weight is 634 g/mol. The molecule has 0 bridgehead atoms. The van der Waals surface area contributed by atoms with Crippen LogP contribution >= 0.6 is 0 Å². The van der Waals surface area contributed by atoms with Crippen LogP contribution < -0.4 is 0 Å². The van der Waals surface area contributed by atoms with Crippen LogP contribution in [-0.2, 0) is 66.6 Å². The molecule has 15 heteroatoms. The number of hydroxylamine groups is 2. The van der Waals surface area contributed by atoms with E-state index in [4.69, 9.17) is 47.5 Å². The Morgan fingerprint density at radius 1 is 0.750 bits per heavy atom. The number of hydrogen-bond donors (Lipinski definition) is 0. The van der Waals surface area contributed by atoms with E-state index in [-0.39, 0.29) is 90.2 Å². The van der Waals surface area contributed by atoms with E-state index in [9.17, 15) is 19.2 Å². The predicted molar refractivity (Wildman–Crippen MR) is 153 cm³/mol. The van der Waals surface area contributed by atoms with Crippen molar-refractivity contribution in [3.05, 3.63) is 25.7 Å². The Morgan fingerprint density at radius 2 is 1.30 bits per heavy atom. The van der Waals surface area contributed by atoms with Gasteiger partial charge in [0, 0.05) is 39.9 Å². The molecule has 0 aromatic rings. The van der Waals surface area contributed by atoms with Gasteiger partial charge in [-0.3, -0.25) is 14.4 Å². The van der Waals surface area contributed by atoms with Crippen LogP contribution in [0.1, 0.15) is 32.1 Å². The Morgan fingerprint density at radius 3 is 1.84 bits per heavy atom. The molecule has 0 aromatic heterocycles. The van der Waals surface area contributed by atoms with Gasteiger partial charge in [-0.2, -0.15) is 0 Å². The molecule has 1 aliphatic rings. The van der Waals surface area contributed by atoms with Gasteiger partial charge < -0.3 is 47.5 Å². The van der Waals surface area contributed by atoms with Gasteiger partial charge in [0.05, 0.1) is 72.0 Å². The van der Waals surface area contributed by atoms with Gasteiger partial charge in [-0.15, -0.1) is 5.06 Å². The second-order valence-electron chi connectivity index (χ2n) is 9.42. The predicted octanol–water partition coefficient (Wildman–Crippen LogP) is 1.13. The molecule has 0 spiro atoms. The van der Waals surface area contributed by atoms with Crippen LogP contribution in [0.3, 0.4) is 0 Å². The van der Waals surface area contributed by atoms with E-state index in [1.807, 2.05) is 0 Å². The van der Waals surface area contributed by atoms with E-state index in [1.165, 1.54) is 12.5 Å². The number of ether oxygens (including phenoxy) is 9. The molecular formula is C29H47NO14. The quantitative estimate of drug-likeness (QED) is 0.0628. The van der Waals surface area contributed by atoms with Crippen molar-refractivity contribution in [3.8, 4) is 0 Å². The van der Waals surface area contributed by atoms with Crippen LogP contribution in [0, 0.1) is 0 Å². The second kappa shape index (κ2) is 25.4. The summed E-state index contributed by atoms with van der Waals surface area (Å²) < 4.78 is 49.3. The van der Waals surface area contributed by atoms with E-state index in [2.05, 4.69) is 13.2 Å². The zero-order chi connectivity index (χ0) is 32.4. The van der Waals surface area contributed by atoms with Gasteiger partial charge in [0.15, 0.2) is 5.78 Å². The minimum atomic E-state index is -0.759. The summed E-state index contributed by atoms with van der Waals surface area (Å²) in [4.78, 5) is 51.8. The first-order valence-corrected chi connectivity index (χ1v) is 14.4. The maximum Gasteiger partial charge on any atom is 0.333 e. The molecule has 44 heavy (non-hydrogen) atoms. The van der Waals surface area contributed by atoms with Gasteiger partial charge >= 0.3 is 5.97 Å². The molecule has 1 heterocycles. The largest absolute Gasteiger partial charge is 0.499 e. The minimum Gasteiger partial charge on any atom is -0.499 e. The molecule has 1 aliphatic heterocycles. The summed E-state index contributed by atoms with van der Waals surface area (Å²) in [6, 6.07) is 0. The number of carbonyl (C=O) groups is 4. The molecule has 0 radical (unpaired) electrons. The summed E-state index contributed by atoms with van der Waals surface area (Å²) in [6.45, 7) is 9.57. The van der Waals surface area contributed by atoms with Crippen molar-refractivity contribution in [1.29, 1.82) is 0 Å². The van der Waals surface area contributed by atoms with E-state index in [1.54, 1.807) is 14.2 Å². The zero-order valence-electron chi connectivity index (χ0n) is 25.8. The van der Waals surface area contributed by atoms with E-state index in [0.717, 1.165) is 0 Å². The molecule has 0 N–H and O–H groups in total. The molecule has 1 rings (SSSR count). The highest BCUT2D eigenvalue weighted by atomic mass is 16.7. The fourth-order valence-corrected chi connectivity index (χ4v) is 3.60. The smallest absolute Gasteiger partial charge is 0.333 e. The Kier molecular flexibility index (Phi) is 22.6. The van der Waals surface area contributed by atoms with E-state index in [0.29, 0.717) is 31.5 Å². The lowest BCUT2D eigenvalue weighted by atomic mass is 10.2. The number of imide groups is 1.